The van der Waals surface area contributed by atoms with Crippen LogP contribution < -0.4 is 15.0 Å². The number of carboxylic acids is 2. The Morgan fingerprint density at radius 3 is 2.58 bits per heavy atom. The van der Waals surface area contributed by atoms with E-state index in [9.17, 15) is 9.59 Å². The van der Waals surface area contributed by atoms with Gasteiger partial charge in [0.2, 0.25) is 0 Å². The third-order valence-electron chi connectivity index (χ3n) is 3.43. The van der Waals surface area contributed by atoms with E-state index in [0.717, 1.165) is 44.0 Å². The number of nitrogens with one attached hydrogen (secondary N) is 1. The van der Waals surface area contributed by atoms with E-state index < -0.39 is 11.9 Å². The summed E-state index contributed by atoms with van der Waals surface area (Å²) in [7, 11) is 0. The van der Waals surface area contributed by atoms with Gasteiger partial charge in [0.25, 0.3) is 0 Å². The van der Waals surface area contributed by atoms with E-state index in [2.05, 4.69) is 27.8 Å². The van der Waals surface area contributed by atoms with Crippen molar-refractivity contribution < 1.29 is 24.5 Å². The minimum atomic E-state index is -1.26. The minimum Gasteiger partial charge on any atom is -0.485 e. The fraction of sp³-hybridized carbons (Fsp3) is 0.389. The highest BCUT2D eigenvalue weighted by Crippen LogP contribution is 2.21. The van der Waals surface area contributed by atoms with Crippen molar-refractivity contribution in [2.75, 3.05) is 31.1 Å². The van der Waals surface area contributed by atoms with Crippen LogP contribution in [0.3, 0.4) is 0 Å². The van der Waals surface area contributed by atoms with E-state index in [1.807, 2.05) is 13.1 Å². The average Bonchev–Trinajstić information content (AvgIpc) is 2.90. The van der Waals surface area contributed by atoms with Gasteiger partial charge in [-0.3, -0.25) is 4.98 Å². The Hall–Kier alpha value is -2.87. The molecule has 1 unspecified atom stereocenters. The fourth-order valence-corrected chi connectivity index (χ4v) is 2.15. The summed E-state index contributed by atoms with van der Waals surface area (Å²) < 4.78 is 5.70. The van der Waals surface area contributed by atoms with Crippen LogP contribution in [-0.4, -0.2) is 59.4 Å². The number of carboxylic acid groups (broad SMARTS) is 2. The Bertz CT molecular complexity index is 609. The first-order valence-electron chi connectivity index (χ1n) is 8.26. The standard InChI is InChI=1S/C14H21N3O.C4H4O4/c1-3-12(2)18-14-9-13(10-16-11-14)17-7-4-5-15-6-8-17;5-3(6)1-2-4(7)8/h3,9-12,15H,1,4-8H2,2H3;1-2H,(H,5,6)(H,7,8)/b;2-1+. The zero-order valence-electron chi connectivity index (χ0n) is 14.8. The maximum Gasteiger partial charge on any atom is 0.328 e. The number of nitrogens with zero attached hydrogens (tertiary/aromatic N) is 2. The van der Waals surface area contributed by atoms with Gasteiger partial charge in [-0.05, 0) is 19.9 Å². The van der Waals surface area contributed by atoms with Crippen LogP contribution in [0.4, 0.5) is 5.69 Å². The zero-order valence-corrected chi connectivity index (χ0v) is 14.8. The van der Waals surface area contributed by atoms with E-state index >= 15 is 0 Å². The minimum absolute atomic E-state index is 0.00727. The van der Waals surface area contributed by atoms with Gasteiger partial charge >= 0.3 is 11.9 Å². The maximum atomic E-state index is 9.55. The van der Waals surface area contributed by atoms with Crippen LogP contribution in [0.15, 0.2) is 43.3 Å². The lowest BCUT2D eigenvalue weighted by Crippen LogP contribution is -2.27. The molecular formula is C18H25N3O5. The first kappa shape index (κ1) is 21.2. The van der Waals surface area contributed by atoms with Crippen molar-refractivity contribution in [3.8, 4) is 5.75 Å². The molecular weight excluding hydrogens is 338 g/mol. The summed E-state index contributed by atoms with van der Waals surface area (Å²) in [6, 6.07) is 2.05. The van der Waals surface area contributed by atoms with E-state index in [1.54, 1.807) is 12.3 Å². The summed E-state index contributed by atoms with van der Waals surface area (Å²) in [4.78, 5) is 25.7. The number of hydrogen-bond acceptors (Lipinski definition) is 6. The van der Waals surface area contributed by atoms with Crippen LogP contribution in [0.25, 0.3) is 0 Å². The third-order valence-corrected chi connectivity index (χ3v) is 3.43. The molecule has 0 bridgehead atoms. The number of aliphatic carboxylic acids is 2. The van der Waals surface area contributed by atoms with E-state index in [1.165, 1.54) is 0 Å². The fourth-order valence-electron chi connectivity index (χ4n) is 2.15. The van der Waals surface area contributed by atoms with Gasteiger partial charge < -0.3 is 25.2 Å². The lowest BCUT2D eigenvalue weighted by atomic mass is 10.3. The van der Waals surface area contributed by atoms with E-state index in [4.69, 9.17) is 14.9 Å². The van der Waals surface area contributed by atoms with Crippen LogP contribution in [0.2, 0.25) is 0 Å². The molecule has 8 nitrogen and oxygen atoms in total. The van der Waals surface area contributed by atoms with Gasteiger partial charge in [-0.2, -0.15) is 0 Å². The Balaban J connectivity index is 0.000000359. The van der Waals surface area contributed by atoms with Gasteiger partial charge in [0, 0.05) is 37.9 Å². The molecule has 1 aromatic rings. The molecule has 0 aliphatic carbocycles. The van der Waals surface area contributed by atoms with Gasteiger partial charge in [0.1, 0.15) is 11.9 Å². The summed E-state index contributed by atoms with van der Waals surface area (Å²) in [5, 5.41) is 19.0. The molecule has 1 aromatic heterocycles. The van der Waals surface area contributed by atoms with Crippen molar-refractivity contribution in [2.45, 2.75) is 19.4 Å². The van der Waals surface area contributed by atoms with Gasteiger partial charge in [-0.15, -0.1) is 0 Å². The molecule has 8 heteroatoms. The van der Waals surface area contributed by atoms with Crippen molar-refractivity contribution in [1.29, 1.82) is 0 Å². The zero-order chi connectivity index (χ0) is 19.4. The Labute approximate surface area is 152 Å². The first-order chi connectivity index (χ1) is 12.4. The molecule has 26 heavy (non-hydrogen) atoms. The number of rotatable bonds is 6. The third kappa shape index (κ3) is 8.84. The first-order valence-corrected chi connectivity index (χ1v) is 8.26. The van der Waals surface area contributed by atoms with Crippen LogP contribution in [-0.2, 0) is 9.59 Å². The highest BCUT2D eigenvalue weighted by molar-refractivity contribution is 5.89. The molecule has 3 N–H and O–H groups in total. The van der Waals surface area contributed by atoms with Gasteiger partial charge in [0.05, 0.1) is 18.1 Å². The van der Waals surface area contributed by atoms with Crippen molar-refractivity contribution in [2.24, 2.45) is 0 Å². The molecule has 1 aliphatic heterocycles. The van der Waals surface area contributed by atoms with Crippen LogP contribution >= 0.6 is 0 Å². The average molecular weight is 363 g/mol. The molecule has 1 saturated heterocycles. The Kier molecular flexibility index (Phi) is 9.48. The second-order valence-electron chi connectivity index (χ2n) is 5.54. The number of carbonyl (C=O) groups is 2. The molecule has 1 aliphatic rings. The smallest absolute Gasteiger partial charge is 0.328 e. The summed E-state index contributed by atoms with van der Waals surface area (Å²) in [5.41, 5.74) is 1.13. The molecule has 0 amide bonds. The predicted molar refractivity (Wildman–Crippen MR) is 98.6 cm³/mol. The summed E-state index contributed by atoms with van der Waals surface area (Å²) in [6.45, 7) is 9.88. The number of ether oxygens (including phenoxy) is 1. The lowest BCUT2D eigenvalue weighted by molar-refractivity contribution is -0.134. The van der Waals surface area contributed by atoms with Crippen molar-refractivity contribution in [3.63, 3.8) is 0 Å². The van der Waals surface area contributed by atoms with Crippen molar-refractivity contribution in [1.82, 2.24) is 10.3 Å². The normalized spacial score (nSPS) is 15.3. The van der Waals surface area contributed by atoms with Gasteiger partial charge in [-0.25, -0.2) is 9.59 Å². The quantitative estimate of drug-likeness (QED) is 0.515. The van der Waals surface area contributed by atoms with Gasteiger partial charge in [0.15, 0.2) is 0 Å². The van der Waals surface area contributed by atoms with Crippen LogP contribution in [0.1, 0.15) is 13.3 Å². The Morgan fingerprint density at radius 1 is 1.27 bits per heavy atom. The highest BCUT2D eigenvalue weighted by Gasteiger charge is 2.11. The largest absolute Gasteiger partial charge is 0.485 e. The number of anilines is 1. The molecule has 1 atom stereocenters. The second-order valence-corrected chi connectivity index (χ2v) is 5.54. The molecule has 0 spiro atoms. The van der Waals surface area contributed by atoms with Crippen molar-refractivity contribution in [3.05, 3.63) is 43.3 Å². The molecule has 142 valence electrons. The lowest BCUT2D eigenvalue weighted by Gasteiger charge is -2.22. The maximum absolute atomic E-state index is 9.55. The SMILES string of the molecule is C=CC(C)Oc1cncc(N2CCCNCC2)c1.O=C(O)/C=C/C(=O)O. The molecule has 1 fully saturated rings. The van der Waals surface area contributed by atoms with Gasteiger partial charge in [-0.1, -0.05) is 12.7 Å². The Morgan fingerprint density at radius 2 is 1.96 bits per heavy atom. The van der Waals surface area contributed by atoms with E-state index in [0.29, 0.717) is 12.2 Å². The molecule has 0 saturated carbocycles. The topological polar surface area (TPSA) is 112 Å². The van der Waals surface area contributed by atoms with Crippen LogP contribution in [0.5, 0.6) is 5.75 Å². The second kappa shape index (κ2) is 11.6. The monoisotopic (exact) mass is 363 g/mol. The highest BCUT2D eigenvalue weighted by atomic mass is 16.5. The van der Waals surface area contributed by atoms with Crippen molar-refractivity contribution >= 4 is 17.6 Å². The molecule has 0 radical (unpaired) electrons. The number of hydrogen-bond donors (Lipinski definition) is 3. The number of pyridine rings is 1. The predicted octanol–water partition coefficient (Wildman–Crippen LogP) is 1.55. The summed E-state index contributed by atoms with van der Waals surface area (Å²) >= 11 is 0. The molecule has 2 heterocycles. The summed E-state index contributed by atoms with van der Waals surface area (Å²) in [5.74, 6) is -1.71. The number of aromatic nitrogens is 1. The van der Waals surface area contributed by atoms with Crippen LogP contribution in [0, 0.1) is 0 Å². The molecule has 0 aromatic carbocycles. The van der Waals surface area contributed by atoms with E-state index in [-0.39, 0.29) is 6.10 Å². The summed E-state index contributed by atoms with van der Waals surface area (Å²) in [6.07, 6.45) is 7.71. The molecule has 2 rings (SSSR count).